The van der Waals surface area contributed by atoms with E-state index >= 15 is 0 Å². The van der Waals surface area contributed by atoms with Crippen molar-refractivity contribution in [3.05, 3.63) is 76.6 Å². The number of alkyl halides is 3. The van der Waals surface area contributed by atoms with Crippen LogP contribution in [0, 0.1) is 0 Å². The third-order valence-corrected chi connectivity index (χ3v) is 4.40. The Morgan fingerprint density at radius 1 is 1.03 bits per heavy atom. The lowest BCUT2D eigenvalue weighted by molar-refractivity contribution is -0.137. The quantitative estimate of drug-likeness (QED) is 0.538. The molecule has 2 amide bonds. The van der Waals surface area contributed by atoms with Gasteiger partial charge in [0.05, 0.1) is 18.2 Å². The van der Waals surface area contributed by atoms with E-state index in [2.05, 4.69) is 10.3 Å². The minimum absolute atomic E-state index is 0.00769. The maximum atomic E-state index is 13.3. The number of amides is 2. The monoisotopic (exact) mass is 465 g/mol. The summed E-state index contributed by atoms with van der Waals surface area (Å²) < 4.78 is 50.5. The van der Waals surface area contributed by atoms with Gasteiger partial charge in [0.15, 0.2) is 11.5 Å². The summed E-state index contributed by atoms with van der Waals surface area (Å²) in [4.78, 5) is 27.9. The van der Waals surface area contributed by atoms with Gasteiger partial charge in [-0.3, -0.25) is 14.6 Å². The highest BCUT2D eigenvalue weighted by atomic mass is 35.5. The molecule has 0 aliphatic carbocycles. The van der Waals surface area contributed by atoms with Gasteiger partial charge in [0.1, 0.15) is 11.4 Å². The molecule has 11 heteroatoms. The SMILES string of the molecule is COc1ccc(Cl)cc1Oc1cc(C(F)(F)F)ccc1C(=O)Nc1ccnc(C(N)=O)c1. The summed E-state index contributed by atoms with van der Waals surface area (Å²) in [5.74, 6) is -1.79. The van der Waals surface area contributed by atoms with Crippen molar-refractivity contribution in [3.8, 4) is 17.2 Å². The van der Waals surface area contributed by atoms with E-state index in [0.29, 0.717) is 6.07 Å². The standard InChI is InChI=1S/C21H15ClF3N3O4/c1-31-16-5-3-12(22)9-18(16)32-17-8-11(21(23,24)25)2-4-14(17)20(30)28-13-6-7-27-15(10-13)19(26)29/h2-10H,1H3,(H2,26,29)(H,27,28,30). The molecular weight excluding hydrogens is 451 g/mol. The molecule has 0 aliphatic rings. The molecule has 0 saturated carbocycles. The first-order valence-electron chi connectivity index (χ1n) is 8.88. The number of pyridine rings is 1. The van der Waals surface area contributed by atoms with Gasteiger partial charge >= 0.3 is 6.18 Å². The first-order chi connectivity index (χ1) is 15.1. The second-order valence-corrected chi connectivity index (χ2v) is 6.79. The molecule has 3 aromatic rings. The highest BCUT2D eigenvalue weighted by Crippen LogP contribution is 2.38. The lowest BCUT2D eigenvalue weighted by Crippen LogP contribution is -2.16. The average molecular weight is 466 g/mol. The van der Waals surface area contributed by atoms with Crippen molar-refractivity contribution in [1.29, 1.82) is 0 Å². The van der Waals surface area contributed by atoms with E-state index in [4.69, 9.17) is 26.8 Å². The number of ether oxygens (including phenoxy) is 2. The van der Waals surface area contributed by atoms with Crippen molar-refractivity contribution in [3.63, 3.8) is 0 Å². The number of nitrogens with zero attached hydrogens (tertiary/aromatic N) is 1. The summed E-state index contributed by atoms with van der Waals surface area (Å²) in [5.41, 5.74) is 3.99. The molecule has 2 aromatic carbocycles. The van der Waals surface area contributed by atoms with Crippen LogP contribution in [0.4, 0.5) is 18.9 Å². The molecule has 0 aliphatic heterocycles. The Balaban J connectivity index is 2.02. The molecule has 1 aromatic heterocycles. The first-order valence-corrected chi connectivity index (χ1v) is 9.26. The predicted octanol–water partition coefficient (Wildman–Crippen LogP) is 4.91. The zero-order valence-electron chi connectivity index (χ0n) is 16.4. The molecule has 166 valence electrons. The molecule has 0 atom stereocenters. The van der Waals surface area contributed by atoms with Crippen LogP contribution in [0.3, 0.4) is 0 Å². The van der Waals surface area contributed by atoms with Gasteiger partial charge in [0, 0.05) is 23.0 Å². The fraction of sp³-hybridized carbons (Fsp3) is 0.0952. The number of nitrogens with one attached hydrogen (secondary N) is 1. The summed E-state index contributed by atoms with van der Waals surface area (Å²) in [6.45, 7) is 0. The van der Waals surface area contributed by atoms with Gasteiger partial charge in [-0.05, 0) is 42.5 Å². The van der Waals surface area contributed by atoms with E-state index in [1.165, 1.54) is 43.6 Å². The van der Waals surface area contributed by atoms with Crippen LogP contribution in [0.1, 0.15) is 26.4 Å². The van der Waals surface area contributed by atoms with Gasteiger partial charge in [-0.1, -0.05) is 11.6 Å². The molecule has 0 fully saturated rings. The van der Waals surface area contributed by atoms with Crippen LogP contribution in [0.2, 0.25) is 5.02 Å². The number of aromatic nitrogens is 1. The molecule has 32 heavy (non-hydrogen) atoms. The fourth-order valence-electron chi connectivity index (χ4n) is 2.66. The molecule has 7 nitrogen and oxygen atoms in total. The fourth-order valence-corrected chi connectivity index (χ4v) is 2.82. The van der Waals surface area contributed by atoms with Crippen LogP contribution >= 0.6 is 11.6 Å². The molecule has 1 heterocycles. The van der Waals surface area contributed by atoms with E-state index < -0.39 is 23.6 Å². The number of carbonyl (C=O) groups excluding carboxylic acids is 2. The van der Waals surface area contributed by atoms with Gasteiger partial charge in [-0.2, -0.15) is 13.2 Å². The van der Waals surface area contributed by atoms with Crippen molar-refractivity contribution in [1.82, 2.24) is 4.98 Å². The number of hydrogen-bond acceptors (Lipinski definition) is 5. The molecular formula is C21H15ClF3N3O4. The Kier molecular flexibility index (Phi) is 6.54. The normalized spacial score (nSPS) is 11.0. The van der Waals surface area contributed by atoms with Gasteiger partial charge in [0.25, 0.3) is 11.8 Å². The van der Waals surface area contributed by atoms with E-state index in [-0.39, 0.29) is 39.2 Å². The molecule has 0 unspecified atom stereocenters. The summed E-state index contributed by atoms with van der Waals surface area (Å²) in [7, 11) is 1.34. The van der Waals surface area contributed by atoms with Crippen LogP contribution < -0.4 is 20.5 Å². The number of primary amides is 1. The first kappa shape index (κ1) is 22.9. The number of carbonyl (C=O) groups is 2. The van der Waals surface area contributed by atoms with E-state index in [9.17, 15) is 22.8 Å². The summed E-state index contributed by atoms with van der Waals surface area (Å²) in [6.07, 6.45) is -3.43. The Morgan fingerprint density at radius 3 is 2.44 bits per heavy atom. The highest BCUT2D eigenvalue weighted by Gasteiger charge is 2.32. The Labute approximate surface area is 184 Å². The lowest BCUT2D eigenvalue weighted by Gasteiger charge is -2.16. The lowest BCUT2D eigenvalue weighted by atomic mass is 10.1. The average Bonchev–Trinajstić information content (AvgIpc) is 2.73. The zero-order chi connectivity index (χ0) is 23.5. The van der Waals surface area contributed by atoms with Gasteiger partial charge in [-0.15, -0.1) is 0 Å². The minimum Gasteiger partial charge on any atom is -0.493 e. The largest absolute Gasteiger partial charge is 0.493 e. The van der Waals surface area contributed by atoms with Gasteiger partial charge in [0.2, 0.25) is 0 Å². The van der Waals surface area contributed by atoms with E-state index in [1.807, 2.05) is 0 Å². The molecule has 0 radical (unpaired) electrons. The van der Waals surface area contributed by atoms with Gasteiger partial charge < -0.3 is 20.5 Å². The van der Waals surface area contributed by atoms with Crippen molar-refractivity contribution >= 4 is 29.1 Å². The molecule has 0 spiro atoms. The Hall–Kier alpha value is -3.79. The van der Waals surface area contributed by atoms with Crippen LogP contribution in [0.15, 0.2) is 54.7 Å². The van der Waals surface area contributed by atoms with Crippen LogP contribution in [-0.4, -0.2) is 23.9 Å². The van der Waals surface area contributed by atoms with E-state index in [1.54, 1.807) is 0 Å². The predicted molar refractivity (Wildman–Crippen MR) is 110 cm³/mol. The molecule has 3 rings (SSSR count). The number of nitrogens with two attached hydrogens (primary N) is 1. The summed E-state index contributed by atoms with van der Waals surface area (Å²) >= 11 is 5.96. The third-order valence-electron chi connectivity index (χ3n) is 4.17. The van der Waals surface area contributed by atoms with E-state index in [0.717, 1.165) is 12.1 Å². The number of hydrogen-bond donors (Lipinski definition) is 2. The summed E-state index contributed by atoms with van der Waals surface area (Å²) in [6, 6.07) is 9.33. The highest BCUT2D eigenvalue weighted by molar-refractivity contribution is 6.30. The number of rotatable bonds is 6. The maximum absolute atomic E-state index is 13.3. The molecule has 0 bridgehead atoms. The van der Waals surface area contributed by atoms with Crippen LogP contribution in [0.5, 0.6) is 17.2 Å². The van der Waals surface area contributed by atoms with Crippen molar-refractivity contribution in [2.24, 2.45) is 5.73 Å². The number of methoxy groups -OCH3 is 1. The number of anilines is 1. The number of halogens is 4. The second-order valence-electron chi connectivity index (χ2n) is 6.35. The zero-order valence-corrected chi connectivity index (χ0v) is 17.1. The Morgan fingerprint density at radius 2 is 1.78 bits per heavy atom. The molecule has 3 N–H and O–H groups in total. The maximum Gasteiger partial charge on any atom is 0.416 e. The second kappa shape index (κ2) is 9.15. The number of benzene rings is 2. The topological polar surface area (TPSA) is 104 Å². The Bertz CT molecular complexity index is 1190. The summed E-state index contributed by atoms with van der Waals surface area (Å²) in [5, 5.41) is 2.72. The minimum atomic E-state index is -4.67. The molecule has 0 saturated heterocycles. The van der Waals surface area contributed by atoms with Crippen LogP contribution in [-0.2, 0) is 6.18 Å². The third kappa shape index (κ3) is 5.27. The smallest absolute Gasteiger partial charge is 0.416 e. The van der Waals surface area contributed by atoms with Crippen LogP contribution in [0.25, 0.3) is 0 Å². The van der Waals surface area contributed by atoms with Gasteiger partial charge in [-0.25, -0.2) is 0 Å². The van der Waals surface area contributed by atoms with Crippen molar-refractivity contribution in [2.75, 3.05) is 12.4 Å². The van der Waals surface area contributed by atoms with Crippen molar-refractivity contribution < 1.29 is 32.2 Å². The van der Waals surface area contributed by atoms with Crippen molar-refractivity contribution in [2.45, 2.75) is 6.18 Å².